The molecular formula is C30H23F4NO5S. The molecule has 0 saturated carbocycles. The first-order chi connectivity index (χ1) is 19.4. The summed E-state index contributed by atoms with van der Waals surface area (Å²) in [6, 6.07) is 24.9. The van der Waals surface area contributed by atoms with Gasteiger partial charge in [0.15, 0.2) is 0 Å². The van der Waals surface area contributed by atoms with Crippen molar-refractivity contribution in [2.45, 2.75) is 18.0 Å². The summed E-state index contributed by atoms with van der Waals surface area (Å²) in [6.07, 6.45) is -0.381. The smallest absolute Gasteiger partial charge is 0.493 e. The number of hydrogen-bond acceptors (Lipinski definition) is 5. The van der Waals surface area contributed by atoms with Crippen molar-refractivity contribution in [3.05, 3.63) is 114 Å². The van der Waals surface area contributed by atoms with E-state index in [-0.39, 0.29) is 29.4 Å². The lowest BCUT2D eigenvalue weighted by Crippen LogP contribution is -2.40. The third-order valence-electron chi connectivity index (χ3n) is 6.86. The van der Waals surface area contributed by atoms with Crippen molar-refractivity contribution in [2.24, 2.45) is 5.92 Å². The topological polar surface area (TPSA) is 92.7 Å². The molecule has 0 radical (unpaired) electrons. The minimum atomic E-state index is -5.98. The van der Waals surface area contributed by atoms with Gasteiger partial charge in [0.05, 0.1) is 12.7 Å². The van der Waals surface area contributed by atoms with Gasteiger partial charge in [0, 0.05) is 17.0 Å². The number of hydrogen-bond donors (Lipinski definition) is 2. The average molecular weight is 586 g/mol. The molecule has 1 amide bonds. The third kappa shape index (κ3) is 5.96. The normalized spacial score (nSPS) is 16.9. The predicted molar refractivity (Wildman–Crippen MR) is 144 cm³/mol. The van der Waals surface area contributed by atoms with Gasteiger partial charge in [0.25, 0.3) is 5.91 Å². The zero-order valence-electron chi connectivity index (χ0n) is 21.2. The maximum atomic E-state index is 14.1. The van der Waals surface area contributed by atoms with E-state index in [1.807, 2.05) is 54.6 Å². The largest absolute Gasteiger partial charge is 0.516 e. The second-order valence-electron chi connectivity index (χ2n) is 9.61. The average Bonchev–Trinajstić information content (AvgIpc) is 2.94. The number of aliphatic hydroxyl groups is 1. The Morgan fingerprint density at radius 2 is 1.56 bits per heavy atom. The number of ether oxygens (including phenoxy) is 1. The van der Waals surface area contributed by atoms with E-state index in [1.54, 1.807) is 0 Å². The Bertz CT molecular complexity index is 1690. The van der Waals surface area contributed by atoms with E-state index in [0.717, 1.165) is 39.6 Å². The van der Waals surface area contributed by atoms with E-state index in [2.05, 4.69) is 0 Å². The van der Waals surface area contributed by atoms with Crippen LogP contribution in [0.25, 0.3) is 22.3 Å². The number of alkyl halides is 3. The first kappa shape index (κ1) is 28.3. The second kappa shape index (κ2) is 11.0. The SMILES string of the molecule is O=C(NS(=O)(=O)C(F)(F)F)c1ccc(F)cc1-c1ccc2c(c1)OC[C@H](Cc1ccc(-c3ccccc3)cc1)[C@H]2O. The van der Waals surface area contributed by atoms with Crippen LogP contribution in [0.1, 0.15) is 27.6 Å². The van der Waals surface area contributed by atoms with Crippen molar-refractivity contribution in [3.63, 3.8) is 0 Å². The Morgan fingerprint density at radius 3 is 2.24 bits per heavy atom. The van der Waals surface area contributed by atoms with Crippen LogP contribution in [0.5, 0.6) is 5.75 Å². The van der Waals surface area contributed by atoms with Gasteiger partial charge in [0.2, 0.25) is 0 Å². The van der Waals surface area contributed by atoms with Gasteiger partial charge >= 0.3 is 15.5 Å². The van der Waals surface area contributed by atoms with Crippen LogP contribution in [0.4, 0.5) is 17.6 Å². The molecule has 4 aromatic rings. The number of rotatable bonds is 6. The number of carbonyl (C=O) groups excluding carboxylic acids is 1. The zero-order valence-corrected chi connectivity index (χ0v) is 22.0. The molecule has 0 spiro atoms. The van der Waals surface area contributed by atoms with E-state index in [0.29, 0.717) is 12.0 Å². The van der Waals surface area contributed by atoms with E-state index >= 15 is 0 Å². The quantitative estimate of drug-likeness (QED) is 0.270. The molecule has 1 aliphatic heterocycles. The fraction of sp³-hybridized carbons (Fsp3) is 0.167. The number of aliphatic hydroxyl groups excluding tert-OH is 1. The van der Waals surface area contributed by atoms with Crippen molar-refractivity contribution >= 4 is 15.9 Å². The predicted octanol–water partition coefficient (Wildman–Crippen LogP) is 6.02. The van der Waals surface area contributed by atoms with E-state index in [1.165, 1.54) is 18.2 Å². The molecule has 4 aromatic carbocycles. The first-order valence-corrected chi connectivity index (χ1v) is 13.9. The maximum Gasteiger partial charge on any atom is 0.516 e. The first-order valence-electron chi connectivity index (χ1n) is 12.5. The minimum absolute atomic E-state index is 0.151. The molecule has 2 N–H and O–H groups in total. The summed E-state index contributed by atoms with van der Waals surface area (Å²) in [5.74, 6) is -2.40. The molecule has 6 nitrogen and oxygen atoms in total. The molecule has 5 rings (SSSR count). The monoisotopic (exact) mass is 585 g/mol. The van der Waals surface area contributed by atoms with Crippen LogP contribution >= 0.6 is 0 Å². The van der Waals surface area contributed by atoms with Crippen LogP contribution in [0.3, 0.4) is 0 Å². The summed E-state index contributed by atoms with van der Waals surface area (Å²) in [4.78, 5) is 12.5. The van der Waals surface area contributed by atoms with Crippen LogP contribution in [0, 0.1) is 11.7 Å². The molecule has 0 unspecified atom stereocenters. The molecule has 2 atom stereocenters. The molecule has 0 bridgehead atoms. The number of amides is 1. The lowest BCUT2D eigenvalue weighted by molar-refractivity contribution is -0.0446. The van der Waals surface area contributed by atoms with Crippen molar-refractivity contribution in [1.29, 1.82) is 0 Å². The summed E-state index contributed by atoms with van der Waals surface area (Å²) in [7, 11) is -5.98. The highest BCUT2D eigenvalue weighted by molar-refractivity contribution is 7.90. The summed E-state index contributed by atoms with van der Waals surface area (Å²) >= 11 is 0. The Hall–Kier alpha value is -4.22. The van der Waals surface area contributed by atoms with E-state index in [4.69, 9.17) is 4.74 Å². The molecule has 41 heavy (non-hydrogen) atoms. The standard InChI is InChI=1S/C30H23F4NO5S/c31-23-11-13-24(29(37)35-41(38,39)30(32,33)34)26(16-23)21-10-12-25-27(15-21)40-17-22(28(25)36)14-18-6-8-20(9-7-18)19-4-2-1-3-5-19/h1-13,15-16,22,28,36H,14,17H2,(H,35,37)/t22-,28+/m0/s1. The molecular weight excluding hydrogens is 562 g/mol. The van der Waals surface area contributed by atoms with Crippen molar-refractivity contribution in [1.82, 2.24) is 4.72 Å². The van der Waals surface area contributed by atoms with E-state index < -0.39 is 38.9 Å². The summed E-state index contributed by atoms with van der Waals surface area (Å²) in [6.45, 7) is 0.151. The van der Waals surface area contributed by atoms with Crippen molar-refractivity contribution < 1.29 is 40.6 Å². The van der Waals surface area contributed by atoms with Crippen LogP contribution < -0.4 is 9.46 Å². The highest BCUT2D eigenvalue weighted by Gasteiger charge is 2.47. The molecule has 0 aliphatic carbocycles. The highest BCUT2D eigenvalue weighted by Crippen LogP contribution is 2.40. The summed E-state index contributed by atoms with van der Waals surface area (Å²) in [5, 5.41) is 11.1. The molecule has 0 saturated heterocycles. The van der Waals surface area contributed by atoms with E-state index in [9.17, 15) is 35.9 Å². The molecule has 1 heterocycles. The summed E-state index contributed by atoms with van der Waals surface area (Å²) < 4.78 is 82.2. The zero-order chi connectivity index (χ0) is 29.4. The Kier molecular flexibility index (Phi) is 7.58. The number of benzene rings is 4. The number of carbonyl (C=O) groups is 1. The van der Waals surface area contributed by atoms with Crippen LogP contribution in [-0.2, 0) is 16.4 Å². The number of halogens is 4. The van der Waals surface area contributed by atoms with Crippen LogP contribution in [0.2, 0.25) is 0 Å². The highest BCUT2D eigenvalue weighted by atomic mass is 32.2. The Labute approximate surface area is 233 Å². The fourth-order valence-corrected chi connectivity index (χ4v) is 5.21. The van der Waals surface area contributed by atoms with Gasteiger partial charge in [-0.25, -0.2) is 9.11 Å². The van der Waals surface area contributed by atoms with Crippen LogP contribution in [0.15, 0.2) is 91.0 Å². The van der Waals surface area contributed by atoms with Gasteiger partial charge in [-0.1, -0.05) is 66.7 Å². The maximum absolute atomic E-state index is 14.1. The lowest BCUT2D eigenvalue weighted by atomic mass is 9.86. The van der Waals surface area contributed by atoms with Gasteiger partial charge < -0.3 is 9.84 Å². The Balaban J connectivity index is 1.36. The van der Waals surface area contributed by atoms with Gasteiger partial charge in [-0.3, -0.25) is 4.79 Å². The fourth-order valence-electron chi connectivity index (χ4n) is 4.74. The van der Waals surface area contributed by atoms with Gasteiger partial charge in [0.1, 0.15) is 11.6 Å². The summed E-state index contributed by atoms with van der Waals surface area (Å²) in [5.41, 5.74) is -2.57. The lowest BCUT2D eigenvalue weighted by Gasteiger charge is -2.31. The Morgan fingerprint density at radius 1 is 0.902 bits per heavy atom. The van der Waals surface area contributed by atoms with Crippen molar-refractivity contribution in [2.75, 3.05) is 6.61 Å². The molecule has 1 aliphatic rings. The molecule has 0 fully saturated rings. The van der Waals surface area contributed by atoms with Crippen molar-refractivity contribution in [3.8, 4) is 28.0 Å². The molecule has 11 heteroatoms. The second-order valence-corrected chi connectivity index (χ2v) is 11.3. The number of nitrogens with one attached hydrogen (secondary N) is 1. The van der Waals surface area contributed by atoms with Crippen LogP contribution in [-0.4, -0.2) is 31.5 Å². The van der Waals surface area contributed by atoms with Gasteiger partial charge in [-0.05, 0) is 58.5 Å². The number of fused-ring (bicyclic) bond motifs is 1. The third-order valence-corrected chi connectivity index (χ3v) is 7.92. The molecule has 0 aromatic heterocycles. The van der Waals surface area contributed by atoms with Gasteiger partial charge in [-0.2, -0.15) is 21.6 Å². The molecule has 212 valence electrons. The number of sulfonamides is 1. The van der Waals surface area contributed by atoms with Gasteiger partial charge in [-0.15, -0.1) is 0 Å². The minimum Gasteiger partial charge on any atom is -0.493 e.